The summed E-state index contributed by atoms with van der Waals surface area (Å²) in [5.41, 5.74) is 0.166. The Kier molecular flexibility index (Phi) is 3.18. The highest BCUT2D eigenvalue weighted by atomic mass is 16.3. The Bertz CT molecular complexity index is 3440. The van der Waals surface area contributed by atoms with Crippen LogP contribution in [0, 0.1) is 0 Å². The van der Waals surface area contributed by atoms with Gasteiger partial charge in [-0.3, -0.25) is 0 Å². The third-order valence-corrected chi connectivity index (χ3v) is 7.94. The lowest BCUT2D eigenvalue weighted by atomic mass is 9.82. The Morgan fingerprint density at radius 3 is 1.64 bits per heavy atom. The van der Waals surface area contributed by atoms with Gasteiger partial charge in [-0.2, -0.15) is 0 Å². The molecule has 0 fully saturated rings. The van der Waals surface area contributed by atoms with Gasteiger partial charge in [0.2, 0.25) is 0 Å². The molecule has 0 aliphatic heterocycles. The first kappa shape index (κ1) is 13.8. The molecule has 0 radical (unpaired) electrons. The standard InChI is InChI=1S/C44H28O/c1-3-15-29(16-4-1)31-19-7-8-21-33(31)43-34-22-9-11-24-36(34)44(37-25-12-10-23-35(37)43)40-27-39-32-20-13-14-26-41(32)45-42(39)28-38(40)30-17-5-2-6-18-30/h1-28H/i1D,2D,3D,4D,5D,6D,9D,10D,11D,15D,16D,17D,18D,22D,23D,24D,25D. The molecule has 0 bridgehead atoms. The van der Waals surface area contributed by atoms with Crippen LogP contribution in [0.3, 0.4) is 0 Å². The highest BCUT2D eigenvalue weighted by molar-refractivity contribution is 6.24. The van der Waals surface area contributed by atoms with E-state index in [9.17, 15) is 5.48 Å². The molecule has 1 nitrogen and oxygen atoms in total. The molecule has 0 aliphatic carbocycles. The first-order chi connectivity index (χ1) is 29.4. The second kappa shape index (κ2) is 10.4. The van der Waals surface area contributed by atoms with Crippen molar-refractivity contribution in [3.63, 3.8) is 0 Å². The fraction of sp³-hybridized carbons (Fsp3) is 0. The lowest BCUT2D eigenvalue weighted by Crippen LogP contribution is -1.94. The fourth-order valence-corrected chi connectivity index (χ4v) is 6.09. The summed E-state index contributed by atoms with van der Waals surface area (Å²) >= 11 is 0. The first-order valence-corrected chi connectivity index (χ1v) is 14.0. The normalized spacial score (nSPS) is 16.8. The summed E-state index contributed by atoms with van der Waals surface area (Å²) in [6.45, 7) is 0. The van der Waals surface area contributed by atoms with Gasteiger partial charge in [0.05, 0.1) is 23.3 Å². The molecule has 9 rings (SSSR count). The summed E-state index contributed by atoms with van der Waals surface area (Å²) in [6.07, 6.45) is 0. The Morgan fingerprint density at radius 1 is 0.356 bits per heavy atom. The van der Waals surface area contributed by atoms with Crippen LogP contribution in [0.25, 0.3) is 88.0 Å². The Morgan fingerprint density at radius 2 is 0.911 bits per heavy atom. The molecule has 0 aliphatic rings. The van der Waals surface area contributed by atoms with Gasteiger partial charge in [0.15, 0.2) is 0 Å². The van der Waals surface area contributed by atoms with Crippen LogP contribution in [0.15, 0.2) is 174 Å². The summed E-state index contributed by atoms with van der Waals surface area (Å²) in [6, 6.07) is 7.31. The molecule has 1 heterocycles. The molecule has 0 amide bonds. The van der Waals surface area contributed by atoms with Crippen LogP contribution in [0.1, 0.15) is 23.3 Å². The van der Waals surface area contributed by atoms with Crippen molar-refractivity contribution in [1.29, 1.82) is 0 Å². The lowest BCUT2D eigenvalue weighted by Gasteiger charge is -2.21. The van der Waals surface area contributed by atoms with E-state index in [2.05, 4.69) is 0 Å². The molecule has 0 N–H and O–H groups in total. The maximum absolute atomic E-state index is 9.56. The average Bonchev–Trinajstić information content (AvgIpc) is 3.63. The predicted molar refractivity (Wildman–Crippen MR) is 190 cm³/mol. The molecule has 45 heavy (non-hydrogen) atoms. The molecule has 9 aromatic rings. The van der Waals surface area contributed by atoms with Gasteiger partial charge in [-0.25, -0.2) is 0 Å². The van der Waals surface area contributed by atoms with Crippen LogP contribution in [-0.2, 0) is 0 Å². The van der Waals surface area contributed by atoms with E-state index in [4.69, 9.17) is 22.2 Å². The van der Waals surface area contributed by atoms with Crippen LogP contribution >= 0.6 is 0 Å². The van der Waals surface area contributed by atoms with E-state index in [0.29, 0.717) is 16.4 Å². The van der Waals surface area contributed by atoms with E-state index in [1.54, 1.807) is 42.5 Å². The molecule has 0 saturated carbocycles. The van der Waals surface area contributed by atoms with Crippen molar-refractivity contribution in [1.82, 2.24) is 0 Å². The van der Waals surface area contributed by atoms with E-state index in [-0.39, 0.29) is 77.7 Å². The third kappa shape index (κ3) is 4.09. The molecule has 1 aromatic heterocycles. The first-order valence-electron chi connectivity index (χ1n) is 22.5. The molecule has 1 heteroatoms. The average molecular weight is 590 g/mol. The van der Waals surface area contributed by atoms with Crippen molar-refractivity contribution in [2.24, 2.45) is 0 Å². The maximum atomic E-state index is 9.56. The minimum absolute atomic E-state index is 0.0169. The molecule has 0 saturated heterocycles. The van der Waals surface area contributed by atoms with E-state index >= 15 is 0 Å². The number of hydrogen-bond donors (Lipinski definition) is 0. The second-order valence-electron chi connectivity index (χ2n) is 10.3. The molecule has 0 spiro atoms. The predicted octanol–water partition coefficient (Wildman–Crippen LogP) is 12.6. The zero-order valence-electron chi connectivity index (χ0n) is 40.3. The SMILES string of the molecule is [2H]c1cc([2H])c2c(-c3cc4c(cc3-c3c([2H])c([2H])c([2H])c([2H])c3[2H])oc3ccccc34)c3c([2H])c([2H])c([2H])c([2H])c3c(-c3ccccc3-c3c([2H])c([2H])c([2H])c([2H])c3[2H])c2c1[2H]. The number of benzene rings is 8. The fourth-order valence-electron chi connectivity index (χ4n) is 6.09. The summed E-state index contributed by atoms with van der Waals surface area (Å²) in [7, 11) is 0. The Hall–Kier alpha value is -5.92. The molecule has 0 unspecified atom stereocenters. The number of rotatable bonds is 4. The monoisotopic (exact) mass is 589 g/mol. The van der Waals surface area contributed by atoms with Gasteiger partial charge in [0.25, 0.3) is 0 Å². The smallest absolute Gasteiger partial charge is 0.136 e. The highest BCUT2D eigenvalue weighted by Crippen LogP contribution is 2.49. The van der Waals surface area contributed by atoms with E-state index in [0.717, 1.165) is 6.07 Å². The summed E-state index contributed by atoms with van der Waals surface area (Å²) < 4.78 is 158. The zero-order valence-corrected chi connectivity index (χ0v) is 23.3. The third-order valence-electron chi connectivity index (χ3n) is 7.94. The van der Waals surface area contributed by atoms with Crippen LogP contribution in [0.4, 0.5) is 0 Å². The largest absolute Gasteiger partial charge is 0.456 e. The van der Waals surface area contributed by atoms with Crippen molar-refractivity contribution in [2.45, 2.75) is 0 Å². The number of furan rings is 1. The summed E-state index contributed by atoms with van der Waals surface area (Å²) in [5.74, 6) is 0. The van der Waals surface area contributed by atoms with E-state index < -0.39 is 96.7 Å². The van der Waals surface area contributed by atoms with Crippen molar-refractivity contribution < 1.29 is 27.7 Å². The highest BCUT2D eigenvalue weighted by Gasteiger charge is 2.22. The second-order valence-corrected chi connectivity index (χ2v) is 10.3. The Labute approximate surface area is 285 Å². The van der Waals surface area contributed by atoms with Crippen molar-refractivity contribution in [3.8, 4) is 44.5 Å². The van der Waals surface area contributed by atoms with Crippen LogP contribution in [-0.4, -0.2) is 0 Å². The quantitative estimate of drug-likeness (QED) is 0.186. The van der Waals surface area contributed by atoms with Gasteiger partial charge in [0, 0.05) is 10.8 Å². The van der Waals surface area contributed by atoms with Gasteiger partial charge >= 0.3 is 0 Å². The van der Waals surface area contributed by atoms with E-state index in [1.165, 1.54) is 18.2 Å². The van der Waals surface area contributed by atoms with Gasteiger partial charge < -0.3 is 4.42 Å². The molecule has 8 aromatic carbocycles. The van der Waals surface area contributed by atoms with Gasteiger partial charge in [-0.1, -0.05) is 151 Å². The minimum Gasteiger partial charge on any atom is -0.456 e. The van der Waals surface area contributed by atoms with Crippen molar-refractivity contribution >= 4 is 43.5 Å². The van der Waals surface area contributed by atoms with Gasteiger partial charge in [-0.15, -0.1) is 0 Å². The lowest BCUT2D eigenvalue weighted by molar-refractivity contribution is 0.669. The van der Waals surface area contributed by atoms with Gasteiger partial charge in [-0.05, 0) is 84.3 Å². The number of hydrogen-bond acceptors (Lipinski definition) is 1. The van der Waals surface area contributed by atoms with Gasteiger partial charge in [0.1, 0.15) is 11.2 Å². The summed E-state index contributed by atoms with van der Waals surface area (Å²) in [5, 5.41) is 0.423. The van der Waals surface area contributed by atoms with E-state index in [1.807, 2.05) is 0 Å². The number of para-hydroxylation sites is 1. The molecule has 0 atom stereocenters. The minimum atomic E-state index is -0.684. The number of fused-ring (bicyclic) bond motifs is 5. The van der Waals surface area contributed by atoms with Crippen LogP contribution < -0.4 is 0 Å². The Balaban J connectivity index is 1.60. The zero-order chi connectivity index (χ0) is 44.5. The maximum Gasteiger partial charge on any atom is 0.136 e. The van der Waals surface area contributed by atoms with Crippen LogP contribution in [0.2, 0.25) is 0 Å². The van der Waals surface area contributed by atoms with Crippen molar-refractivity contribution in [2.75, 3.05) is 0 Å². The molecule has 210 valence electrons. The molecular weight excluding hydrogens is 544 g/mol. The topological polar surface area (TPSA) is 13.1 Å². The summed E-state index contributed by atoms with van der Waals surface area (Å²) in [4.78, 5) is 0. The van der Waals surface area contributed by atoms with Crippen LogP contribution in [0.5, 0.6) is 0 Å². The molecular formula is C44H28O. The van der Waals surface area contributed by atoms with Crippen molar-refractivity contribution in [3.05, 3.63) is 169 Å².